The molecule has 0 atom stereocenters. The molecule has 66 valence electrons. The zero-order valence-electron chi connectivity index (χ0n) is 7.06. The Hall–Kier alpha value is -1.49. The van der Waals surface area contributed by atoms with Gasteiger partial charge in [-0.3, -0.25) is 0 Å². The first-order chi connectivity index (χ1) is 6.25. The summed E-state index contributed by atoms with van der Waals surface area (Å²) >= 11 is 1.54. The molecule has 2 aromatic heterocycles. The fourth-order valence-electron chi connectivity index (χ4n) is 1.05. The summed E-state index contributed by atoms with van der Waals surface area (Å²) in [4.78, 5) is 12.2. The van der Waals surface area contributed by atoms with Crippen LogP contribution in [0.15, 0.2) is 17.6 Å². The highest BCUT2D eigenvalue weighted by Gasteiger charge is 2.03. The first-order valence-electron chi connectivity index (χ1n) is 3.77. The maximum absolute atomic E-state index is 5.52. The van der Waals surface area contributed by atoms with Gasteiger partial charge in [0.1, 0.15) is 10.7 Å². The Morgan fingerprint density at radius 3 is 2.85 bits per heavy atom. The molecule has 0 aliphatic rings. The van der Waals surface area contributed by atoms with E-state index in [1.807, 2.05) is 18.4 Å². The molecule has 0 amide bonds. The van der Waals surface area contributed by atoms with Crippen molar-refractivity contribution in [3.63, 3.8) is 0 Å². The Labute approximate surface area is 79.5 Å². The quantitative estimate of drug-likeness (QED) is 0.743. The lowest BCUT2D eigenvalue weighted by Crippen LogP contribution is -1.97. The summed E-state index contributed by atoms with van der Waals surface area (Å²) in [5.74, 6) is 0.296. The molecule has 0 radical (unpaired) electrons. The van der Waals surface area contributed by atoms with Gasteiger partial charge in [-0.1, -0.05) is 0 Å². The second kappa shape index (κ2) is 3.10. The maximum Gasteiger partial charge on any atom is 0.220 e. The van der Waals surface area contributed by atoms with Gasteiger partial charge in [-0.15, -0.1) is 11.3 Å². The van der Waals surface area contributed by atoms with Crippen molar-refractivity contribution >= 4 is 17.3 Å². The van der Waals surface area contributed by atoms with Gasteiger partial charge in [0.15, 0.2) is 0 Å². The van der Waals surface area contributed by atoms with E-state index in [-0.39, 0.29) is 0 Å². The van der Waals surface area contributed by atoms with Gasteiger partial charge >= 0.3 is 0 Å². The van der Waals surface area contributed by atoms with Crippen LogP contribution in [0.4, 0.5) is 5.95 Å². The van der Waals surface area contributed by atoms with E-state index in [2.05, 4.69) is 15.0 Å². The molecule has 2 aromatic rings. The van der Waals surface area contributed by atoms with Crippen molar-refractivity contribution < 1.29 is 0 Å². The number of anilines is 1. The summed E-state index contributed by atoms with van der Waals surface area (Å²) in [7, 11) is 0. The van der Waals surface area contributed by atoms with Gasteiger partial charge in [-0.25, -0.2) is 15.0 Å². The number of rotatable bonds is 1. The number of hydrogen-bond donors (Lipinski definition) is 1. The van der Waals surface area contributed by atoms with Crippen molar-refractivity contribution in [3.8, 4) is 10.7 Å². The third-order valence-electron chi connectivity index (χ3n) is 1.52. The predicted molar refractivity (Wildman–Crippen MR) is 52.3 cm³/mol. The van der Waals surface area contributed by atoms with E-state index < -0.39 is 0 Å². The molecule has 0 spiro atoms. The molecule has 2 heterocycles. The van der Waals surface area contributed by atoms with Crippen LogP contribution < -0.4 is 5.73 Å². The molecule has 0 aliphatic heterocycles. The highest BCUT2D eigenvalue weighted by atomic mass is 32.1. The van der Waals surface area contributed by atoms with Gasteiger partial charge in [0.05, 0.1) is 0 Å². The topological polar surface area (TPSA) is 64.7 Å². The molecule has 0 aliphatic carbocycles. The maximum atomic E-state index is 5.52. The van der Waals surface area contributed by atoms with Crippen LogP contribution in [0, 0.1) is 6.92 Å². The van der Waals surface area contributed by atoms with Gasteiger partial charge in [0.25, 0.3) is 0 Å². The summed E-state index contributed by atoms with van der Waals surface area (Å²) in [5.41, 5.74) is 7.17. The SMILES string of the molecule is Cc1cc(-c2nccs2)nc(N)n1. The summed E-state index contributed by atoms with van der Waals surface area (Å²) in [6.45, 7) is 1.88. The van der Waals surface area contributed by atoms with Gasteiger partial charge in [-0.05, 0) is 13.0 Å². The largest absolute Gasteiger partial charge is 0.368 e. The minimum absolute atomic E-state index is 0.296. The number of aromatic nitrogens is 3. The van der Waals surface area contributed by atoms with Crippen molar-refractivity contribution in [1.29, 1.82) is 0 Å². The molecule has 2 rings (SSSR count). The molecule has 0 bridgehead atoms. The third-order valence-corrected chi connectivity index (χ3v) is 2.32. The lowest BCUT2D eigenvalue weighted by molar-refractivity contribution is 1.12. The van der Waals surface area contributed by atoms with Gasteiger partial charge in [0.2, 0.25) is 5.95 Å². The standard InChI is InChI=1S/C8H8N4S/c1-5-4-6(12-8(9)11-5)7-10-2-3-13-7/h2-4H,1H3,(H2,9,11,12). The van der Waals surface area contributed by atoms with E-state index >= 15 is 0 Å². The van der Waals surface area contributed by atoms with Gasteiger partial charge < -0.3 is 5.73 Å². The molecule has 4 nitrogen and oxygen atoms in total. The van der Waals surface area contributed by atoms with Crippen molar-refractivity contribution in [3.05, 3.63) is 23.3 Å². The van der Waals surface area contributed by atoms with Crippen LogP contribution in [0.3, 0.4) is 0 Å². The third kappa shape index (κ3) is 1.65. The van der Waals surface area contributed by atoms with E-state index in [0.717, 1.165) is 16.4 Å². The summed E-state index contributed by atoms with van der Waals surface area (Å²) in [6, 6.07) is 1.87. The van der Waals surface area contributed by atoms with Crippen LogP contribution in [-0.2, 0) is 0 Å². The highest BCUT2D eigenvalue weighted by molar-refractivity contribution is 7.13. The van der Waals surface area contributed by atoms with E-state index in [1.54, 1.807) is 6.20 Å². The van der Waals surface area contributed by atoms with Crippen LogP contribution in [0.25, 0.3) is 10.7 Å². The number of thiazole rings is 1. The number of nitrogen functional groups attached to an aromatic ring is 1. The summed E-state index contributed by atoms with van der Waals surface area (Å²) in [5, 5.41) is 2.78. The van der Waals surface area contributed by atoms with Crippen LogP contribution in [-0.4, -0.2) is 15.0 Å². The summed E-state index contributed by atoms with van der Waals surface area (Å²) in [6.07, 6.45) is 1.74. The van der Waals surface area contributed by atoms with Crippen LogP contribution in [0.2, 0.25) is 0 Å². The Morgan fingerprint density at radius 2 is 2.23 bits per heavy atom. The average Bonchev–Trinajstić information content (AvgIpc) is 2.53. The first-order valence-corrected chi connectivity index (χ1v) is 4.65. The van der Waals surface area contributed by atoms with E-state index in [9.17, 15) is 0 Å². The van der Waals surface area contributed by atoms with E-state index in [4.69, 9.17) is 5.73 Å². The molecule has 0 aromatic carbocycles. The Bertz CT molecular complexity index is 390. The minimum atomic E-state index is 0.296. The molecule has 2 N–H and O–H groups in total. The van der Waals surface area contributed by atoms with Gasteiger partial charge in [0, 0.05) is 17.3 Å². The normalized spacial score (nSPS) is 10.2. The first kappa shape index (κ1) is 8.12. The van der Waals surface area contributed by atoms with Crippen LogP contribution in [0.5, 0.6) is 0 Å². The Balaban J connectivity index is 2.53. The fraction of sp³-hybridized carbons (Fsp3) is 0.125. The molecule has 13 heavy (non-hydrogen) atoms. The molecular formula is C8H8N4S. The number of hydrogen-bond acceptors (Lipinski definition) is 5. The van der Waals surface area contributed by atoms with E-state index in [0.29, 0.717) is 5.95 Å². The molecule has 5 heteroatoms. The van der Waals surface area contributed by atoms with Crippen molar-refractivity contribution in [2.75, 3.05) is 5.73 Å². The smallest absolute Gasteiger partial charge is 0.220 e. The number of nitrogens with zero attached hydrogens (tertiary/aromatic N) is 3. The molecule has 0 unspecified atom stereocenters. The fourth-order valence-corrected chi connectivity index (χ4v) is 1.65. The molecule has 0 saturated heterocycles. The summed E-state index contributed by atoms with van der Waals surface area (Å²) < 4.78 is 0. The molecular weight excluding hydrogens is 184 g/mol. The van der Waals surface area contributed by atoms with Crippen molar-refractivity contribution in [1.82, 2.24) is 15.0 Å². The Morgan fingerprint density at radius 1 is 1.38 bits per heavy atom. The van der Waals surface area contributed by atoms with Crippen LogP contribution >= 0.6 is 11.3 Å². The van der Waals surface area contributed by atoms with E-state index in [1.165, 1.54) is 11.3 Å². The second-order valence-corrected chi connectivity index (χ2v) is 3.48. The predicted octanol–water partition coefficient (Wildman–Crippen LogP) is 1.49. The van der Waals surface area contributed by atoms with Crippen molar-refractivity contribution in [2.45, 2.75) is 6.92 Å². The number of nitrogens with two attached hydrogens (primary N) is 1. The van der Waals surface area contributed by atoms with Crippen molar-refractivity contribution in [2.24, 2.45) is 0 Å². The lowest BCUT2D eigenvalue weighted by atomic mass is 10.3. The van der Waals surface area contributed by atoms with Crippen LogP contribution in [0.1, 0.15) is 5.69 Å². The Kier molecular flexibility index (Phi) is 1.94. The number of aryl methyl sites for hydroxylation is 1. The molecule has 0 fully saturated rings. The second-order valence-electron chi connectivity index (χ2n) is 2.59. The zero-order valence-corrected chi connectivity index (χ0v) is 7.88. The minimum Gasteiger partial charge on any atom is -0.368 e. The zero-order chi connectivity index (χ0) is 9.26. The van der Waals surface area contributed by atoms with Gasteiger partial charge in [-0.2, -0.15) is 0 Å². The lowest BCUT2D eigenvalue weighted by Gasteiger charge is -1.98. The monoisotopic (exact) mass is 192 g/mol. The highest BCUT2D eigenvalue weighted by Crippen LogP contribution is 2.20. The molecule has 0 saturated carbocycles. The average molecular weight is 192 g/mol.